The van der Waals surface area contributed by atoms with E-state index in [1.165, 1.54) is 27.3 Å². The molecule has 0 aliphatic carbocycles. The van der Waals surface area contributed by atoms with Crippen LogP contribution in [-0.4, -0.2) is 102 Å². The fraction of sp³-hybridized carbons (Fsp3) is 0.481. The molecule has 1 unspecified atom stereocenters. The molecule has 13 heteroatoms. The van der Waals surface area contributed by atoms with Crippen molar-refractivity contribution in [2.75, 3.05) is 40.3 Å². The van der Waals surface area contributed by atoms with Crippen LogP contribution in [0.4, 0.5) is 0 Å². The molecule has 3 amide bonds. The Morgan fingerprint density at radius 2 is 2.02 bits per heavy atom. The van der Waals surface area contributed by atoms with E-state index in [2.05, 4.69) is 10.3 Å². The minimum absolute atomic E-state index is 0.0160. The van der Waals surface area contributed by atoms with Crippen molar-refractivity contribution in [2.45, 2.75) is 37.8 Å². The standard InChI is InChI=1S/C27H35N7O5S/c1-32-16-23(36)34(21(26(32)38)13-17-5-7-19(39-2)8-6-17)15-22(35)31-20(24(37)25-30-9-11-40-25)12-18-4-3-10-33(14-18)27(28)29/h5-9,11,18,20-21H,3-4,10,12-16H2,1-2H3,(H3,28,29)(H,31,35)/t18-,20?,21-/m0/s1. The molecule has 0 bridgehead atoms. The number of amides is 3. The Balaban J connectivity index is 1.49. The molecule has 2 saturated heterocycles. The van der Waals surface area contributed by atoms with E-state index in [1.54, 1.807) is 36.6 Å². The van der Waals surface area contributed by atoms with E-state index in [4.69, 9.17) is 15.9 Å². The Morgan fingerprint density at radius 1 is 1.27 bits per heavy atom. The molecule has 4 rings (SSSR count). The number of carbonyl (C=O) groups is 4. The van der Waals surface area contributed by atoms with Crippen molar-refractivity contribution in [3.05, 3.63) is 46.4 Å². The summed E-state index contributed by atoms with van der Waals surface area (Å²) >= 11 is 1.19. The summed E-state index contributed by atoms with van der Waals surface area (Å²) in [6.45, 7) is 0.710. The lowest BCUT2D eigenvalue weighted by atomic mass is 9.90. The Labute approximate surface area is 237 Å². The van der Waals surface area contributed by atoms with Crippen LogP contribution in [-0.2, 0) is 20.8 Å². The van der Waals surface area contributed by atoms with Crippen molar-refractivity contribution >= 4 is 40.8 Å². The second-order valence-corrected chi connectivity index (χ2v) is 11.1. The molecule has 2 aliphatic rings. The number of nitrogens with zero attached hydrogens (tertiary/aromatic N) is 4. The van der Waals surface area contributed by atoms with Gasteiger partial charge in [0.05, 0.1) is 19.7 Å². The number of rotatable bonds is 10. The number of thiazole rings is 1. The molecule has 2 aliphatic heterocycles. The molecular formula is C27H35N7O5S. The van der Waals surface area contributed by atoms with Gasteiger partial charge in [0, 0.05) is 38.1 Å². The van der Waals surface area contributed by atoms with Crippen LogP contribution < -0.4 is 15.8 Å². The van der Waals surface area contributed by atoms with Gasteiger partial charge in [-0.1, -0.05) is 12.1 Å². The summed E-state index contributed by atoms with van der Waals surface area (Å²) in [6, 6.07) is 5.47. The number of ether oxygens (including phenoxy) is 1. The predicted octanol–water partition coefficient (Wildman–Crippen LogP) is 0.727. The zero-order valence-corrected chi connectivity index (χ0v) is 23.5. The molecule has 3 heterocycles. The van der Waals surface area contributed by atoms with Crippen molar-refractivity contribution < 1.29 is 23.9 Å². The maximum absolute atomic E-state index is 13.3. The highest BCUT2D eigenvalue weighted by atomic mass is 32.1. The largest absolute Gasteiger partial charge is 0.497 e. The number of methoxy groups -OCH3 is 1. The maximum Gasteiger partial charge on any atom is 0.245 e. The van der Waals surface area contributed by atoms with Gasteiger partial charge in [-0.3, -0.25) is 24.6 Å². The number of Topliss-reactive ketones (excluding diaryl/α,β-unsaturated/α-hetero) is 1. The summed E-state index contributed by atoms with van der Waals surface area (Å²) in [5.74, 6) is -0.755. The minimum Gasteiger partial charge on any atom is -0.497 e. The van der Waals surface area contributed by atoms with Gasteiger partial charge in [0.15, 0.2) is 11.0 Å². The van der Waals surface area contributed by atoms with E-state index in [1.807, 2.05) is 12.1 Å². The Morgan fingerprint density at radius 3 is 2.67 bits per heavy atom. The number of guanidine groups is 1. The van der Waals surface area contributed by atoms with Gasteiger partial charge in [0.25, 0.3) is 0 Å². The number of aromatic nitrogens is 1. The molecule has 1 aromatic heterocycles. The van der Waals surface area contributed by atoms with Crippen molar-refractivity contribution in [2.24, 2.45) is 11.7 Å². The number of piperazine rings is 1. The van der Waals surface area contributed by atoms with Gasteiger partial charge >= 0.3 is 0 Å². The third kappa shape index (κ3) is 6.95. The van der Waals surface area contributed by atoms with E-state index in [0.717, 1.165) is 18.4 Å². The van der Waals surface area contributed by atoms with Crippen LogP contribution in [0.5, 0.6) is 5.75 Å². The lowest BCUT2D eigenvalue weighted by molar-refractivity contribution is -0.155. The first-order chi connectivity index (χ1) is 19.2. The van der Waals surface area contributed by atoms with Gasteiger partial charge in [-0.2, -0.15) is 0 Å². The molecule has 0 radical (unpaired) electrons. The van der Waals surface area contributed by atoms with Gasteiger partial charge in [-0.05, 0) is 42.9 Å². The number of nitrogens with one attached hydrogen (secondary N) is 2. The number of hydrogen-bond acceptors (Lipinski definition) is 8. The molecule has 2 aromatic rings. The fourth-order valence-electron chi connectivity index (χ4n) is 5.24. The van der Waals surface area contributed by atoms with E-state index in [9.17, 15) is 19.2 Å². The van der Waals surface area contributed by atoms with E-state index in [-0.39, 0.29) is 54.0 Å². The molecule has 0 saturated carbocycles. The highest BCUT2D eigenvalue weighted by Crippen LogP contribution is 2.23. The fourth-order valence-corrected chi connectivity index (χ4v) is 5.87. The highest BCUT2D eigenvalue weighted by Gasteiger charge is 2.39. The number of likely N-dealkylation sites (tertiary alicyclic amines) is 1. The zero-order chi connectivity index (χ0) is 28.8. The van der Waals surface area contributed by atoms with Crippen LogP contribution in [0.25, 0.3) is 0 Å². The predicted molar refractivity (Wildman–Crippen MR) is 149 cm³/mol. The van der Waals surface area contributed by atoms with E-state index in [0.29, 0.717) is 25.3 Å². The molecule has 3 atom stereocenters. The minimum atomic E-state index is -0.867. The molecule has 214 valence electrons. The third-order valence-electron chi connectivity index (χ3n) is 7.36. The van der Waals surface area contributed by atoms with Gasteiger partial charge in [-0.25, -0.2) is 4.98 Å². The lowest BCUT2D eigenvalue weighted by Crippen LogP contribution is -2.61. The Bertz CT molecular complexity index is 1240. The second-order valence-electron chi connectivity index (χ2n) is 10.2. The van der Waals surface area contributed by atoms with Crippen molar-refractivity contribution in [3.63, 3.8) is 0 Å². The molecule has 0 spiro atoms. The van der Waals surface area contributed by atoms with Gasteiger partial charge in [0.1, 0.15) is 18.3 Å². The first-order valence-corrected chi connectivity index (χ1v) is 14.0. The summed E-state index contributed by atoms with van der Waals surface area (Å²) < 4.78 is 5.20. The first kappa shape index (κ1) is 29.0. The average Bonchev–Trinajstić information content (AvgIpc) is 3.48. The van der Waals surface area contributed by atoms with Gasteiger partial charge in [0.2, 0.25) is 23.5 Å². The third-order valence-corrected chi connectivity index (χ3v) is 8.14. The van der Waals surface area contributed by atoms with Crippen LogP contribution in [0.15, 0.2) is 35.8 Å². The first-order valence-electron chi connectivity index (χ1n) is 13.2. The smallest absolute Gasteiger partial charge is 0.245 e. The van der Waals surface area contributed by atoms with Crippen LogP contribution in [0, 0.1) is 11.3 Å². The molecule has 2 fully saturated rings. The summed E-state index contributed by atoms with van der Waals surface area (Å²) in [5, 5.41) is 12.6. The Hall–Kier alpha value is -4.00. The van der Waals surface area contributed by atoms with E-state index >= 15 is 0 Å². The van der Waals surface area contributed by atoms with Crippen LogP contribution >= 0.6 is 11.3 Å². The number of ketones is 1. The van der Waals surface area contributed by atoms with Crippen molar-refractivity contribution in [1.29, 1.82) is 5.41 Å². The summed E-state index contributed by atoms with van der Waals surface area (Å²) in [7, 11) is 3.13. The summed E-state index contributed by atoms with van der Waals surface area (Å²) in [4.78, 5) is 61.4. The molecule has 4 N–H and O–H groups in total. The normalized spacial score (nSPS) is 20.3. The van der Waals surface area contributed by atoms with Crippen molar-refractivity contribution in [1.82, 2.24) is 25.0 Å². The highest BCUT2D eigenvalue weighted by molar-refractivity contribution is 7.11. The van der Waals surface area contributed by atoms with Crippen molar-refractivity contribution in [3.8, 4) is 5.75 Å². The SMILES string of the molecule is COc1ccc(C[C@H]2C(=O)N(C)CC(=O)N2CC(=O)NC(C[C@@H]2CCCN(C(=N)N)C2)C(=O)c2nccs2)cc1. The number of likely N-dealkylation sites (N-methyl/N-ethyl adjacent to an activating group) is 1. The number of hydrogen-bond donors (Lipinski definition) is 3. The van der Waals surface area contributed by atoms with Gasteiger partial charge < -0.3 is 30.5 Å². The average molecular weight is 570 g/mol. The molecule has 1 aromatic carbocycles. The zero-order valence-electron chi connectivity index (χ0n) is 22.7. The van der Waals surface area contributed by atoms with Crippen LogP contribution in [0.2, 0.25) is 0 Å². The molecule has 12 nitrogen and oxygen atoms in total. The van der Waals surface area contributed by atoms with Crippen LogP contribution in [0.3, 0.4) is 0 Å². The maximum atomic E-state index is 13.3. The number of carbonyl (C=O) groups excluding carboxylic acids is 4. The van der Waals surface area contributed by atoms with E-state index < -0.39 is 18.0 Å². The summed E-state index contributed by atoms with van der Waals surface area (Å²) in [5.41, 5.74) is 6.50. The molecular weight excluding hydrogens is 534 g/mol. The summed E-state index contributed by atoms with van der Waals surface area (Å²) in [6.07, 6.45) is 3.76. The lowest BCUT2D eigenvalue weighted by Gasteiger charge is -2.39. The monoisotopic (exact) mass is 569 g/mol. The molecule has 40 heavy (non-hydrogen) atoms. The van der Waals surface area contributed by atoms with Crippen LogP contribution in [0.1, 0.15) is 34.6 Å². The Kier molecular flexibility index (Phi) is 9.35. The topological polar surface area (TPSA) is 162 Å². The number of piperidine rings is 1. The number of nitrogens with two attached hydrogens (primary N) is 1. The van der Waals surface area contributed by atoms with Gasteiger partial charge in [-0.15, -0.1) is 11.3 Å². The second kappa shape index (κ2) is 12.9. The quantitative estimate of drug-likeness (QED) is 0.214. The number of benzene rings is 1.